The molecule has 0 spiro atoms. The van der Waals surface area contributed by atoms with Crippen molar-refractivity contribution in [1.29, 1.82) is 0 Å². The average molecular weight is 140 g/mol. The lowest BCUT2D eigenvalue weighted by molar-refractivity contribution is 0.462. The van der Waals surface area contributed by atoms with E-state index < -0.39 is 0 Å². The van der Waals surface area contributed by atoms with Crippen molar-refractivity contribution in [2.24, 2.45) is 5.73 Å². The number of hydrogen-bond donors (Lipinski definition) is 1. The third kappa shape index (κ3) is 1.84. The van der Waals surface area contributed by atoms with Gasteiger partial charge in [0.05, 0.1) is 6.20 Å². The van der Waals surface area contributed by atoms with Crippen molar-refractivity contribution in [2.45, 2.75) is 26.3 Å². The van der Waals surface area contributed by atoms with E-state index in [2.05, 4.69) is 4.98 Å². The van der Waals surface area contributed by atoms with E-state index in [9.17, 15) is 0 Å². The molecule has 10 heavy (non-hydrogen) atoms. The second-order valence-corrected chi connectivity index (χ2v) is 2.53. The summed E-state index contributed by atoms with van der Waals surface area (Å²) in [6.07, 6.45) is 2.49. The number of rotatable bonds is 2. The van der Waals surface area contributed by atoms with E-state index in [1.807, 2.05) is 13.8 Å². The van der Waals surface area contributed by atoms with Crippen LogP contribution in [0.5, 0.6) is 0 Å². The molecule has 3 nitrogen and oxygen atoms in total. The lowest BCUT2D eigenvalue weighted by Gasteiger charge is -1.98. The normalized spacial score (nSPS) is 13.5. The molecule has 56 valence electrons. The van der Waals surface area contributed by atoms with Gasteiger partial charge in [0.1, 0.15) is 5.76 Å². The summed E-state index contributed by atoms with van der Waals surface area (Å²) < 4.78 is 5.20. The molecule has 0 saturated carbocycles. The zero-order valence-electron chi connectivity index (χ0n) is 6.29. The van der Waals surface area contributed by atoms with Crippen molar-refractivity contribution >= 4 is 0 Å². The first-order chi connectivity index (χ1) is 4.68. The molecule has 0 radical (unpaired) electrons. The number of nitrogens with two attached hydrogens (primary N) is 1. The van der Waals surface area contributed by atoms with Gasteiger partial charge in [-0.3, -0.25) is 0 Å². The topological polar surface area (TPSA) is 52.0 Å². The van der Waals surface area contributed by atoms with Gasteiger partial charge in [0, 0.05) is 19.4 Å². The number of aromatic nitrogens is 1. The Bertz CT molecular complexity index is 205. The van der Waals surface area contributed by atoms with Gasteiger partial charge in [0.25, 0.3) is 0 Å². The molecule has 0 aliphatic carbocycles. The van der Waals surface area contributed by atoms with Crippen molar-refractivity contribution in [3.63, 3.8) is 0 Å². The van der Waals surface area contributed by atoms with Gasteiger partial charge >= 0.3 is 0 Å². The van der Waals surface area contributed by atoms with E-state index in [4.69, 9.17) is 10.2 Å². The van der Waals surface area contributed by atoms with Crippen molar-refractivity contribution < 1.29 is 4.42 Å². The summed E-state index contributed by atoms with van der Waals surface area (Å²) in [5.41, 5.74) is 5.55. The Balaban J connectivity index is 2.58. The lowest BCUT2D eigenvalue weighted by Crippen LogP contribution is -2.17. The minimum absolute atomic E-state index is 0.146. The minimum Gasteiger partial charge on any atom is -0.446 e. The molecule has 0 aromatic carbocycles. The van der Waals surface area contributed by atoms with Crippen LogP contribution in [0.2, 0.25) is 0 Å². The summed E-state index contributed by atoms with van der Waals surface area (Å²) in [6, 6.07) is 0.146. The lowest BCUT2D eigenvalue weighted by atomic mass is 10.2. The van der Waals surface area contributed by atoms with Crippen LogP contribution >= 0.6 is 0 Å². The van der Waals surface area contributed by atoms with Gasteiger partial charge in [-0.2, -0.15) is 0 Å². The monoisotopic (exact) mass is 140 g/mol. The average Bonchev–Trinajstić information content (AvgIpc) is 2.13. The Morgan fingerprint density at radius 1 is 1.80 bits per heavy atom. The summed E-state index contributed by atoms with van der Waals surface area (Å²) in [5.74, 6) is 1.57. The first-order valence-corrected chi connectivity index (χ1v) is 3.35. The summed E-state index contributed by atoms with van der Waals surface area (Å²) >= 11 is 0. The molecule has 2 N–H and O–H groups in total. The second kappa shape index (κ2) is 2.84. The summed E-state index contributed by atoms with van der Waals surface area (Å²) in [5, 5.41) is 0. The van der Waals surface area contributed by atoms with Crippen LogP contribution in [0, 0.1) is 6.92 Å². The van der Waals surface area contributed by atoms with Gasteiger partial charge in [-0.05, 0) is 6.92 Å². The van der Waals surface area contributed by atoms with E-state index >= 15 is 0 Å². The zero-order chi connectivity index (χ0) is 7.56. The summed E-state index contributed by atoms with van der Waals surface area (Å²) in [6.45, 7) is 3.77. The Morgan fingerprint density at radius 3 is 2.90 bits per heavy atom. The van der Waals surface area contributed by atoms with Gasteiger partial charge in [-0.1, -0.05) is 0 Å². The standard InChI is InChI=1S/C7H12N2O/c1-5(8)3-7-4-9-6(2)10-7/h4-5H,3,8H2,1-2H3. The Hall–Kier alpha value is -0.830. The molecule has 1 unspecified atom stereocenters. The first kappa shape index (κ1) is 7.28. The van der Waals surface area contributed by atoms with Crippen molar-refractivity contribution in [2.75, 3.05) is 0 Å². The second-order valence-electron chi connectivity index (χ2n) is 2.53. The molecule has 1 atom stereocenters. The van der Waals surface area contributed by atoms with Crippen LogP contribution in [-0.2, 0) is 6.42 Å². The third-order valence-corrected chi connectivity index (χ3v) is 1.19. The largest absolute Gasteiger partial charge is 0.446 e. The molecule has 0 aliphatic heterocycles. The fourth-order valence-corrected chi connectivity index (χ4v) is 0.817. The molecular formula is C7H12N2O. The quantitative estimate of drug-likeness (QED) is 0.663. The van der Waals surface area contributed by atoms with Crippen molar-refractivity contribution in [3.05, 3.63) is 17.8 Å². The van der Waals surface area contributed by atoms with Gasteiger partial charge in [0.15, 0.2) is 5.89 Å². The van der Waals surface area contributed by atoms with Gasteiger partial charge in [0.2, 0.25) is 0 Å². The maximum Gasteiger partial charge on any atom is 0.191 e. The van der Waals surface area contributed by atoms with E-state index in [1.165, 1.54) is 0 Å². The molecule has 1 aromatic heterocycles. The molecule has 0 saturated heterocycles. The molecule has 0 bridgehead atoms. The van der Waals surface area contributed by atoms with Crippen LogP contribution in [0.4, 0.5) is 0 Å². The molecule has 1 heterocycles. The molecule has 0 fully saturated rings. The highest BCUT2D eigenvalue weighted by Gasteiger charge is 2.01. The summed E-state index contributed by atoms with van der Waals surface area (Å²) in [7, 11) is 0. The number of oxazole rings is 1. The highest BCUT2D eigenvalue weighted by Crippen LogP contribution is 2.03. The molecule has 0 aliphatic rings. The minimum atomic E-state index is 0.146. The van der Waals surface area contributed by atoms with E-state index in [-0.39, 0.29) is 6.04 Å². The Kier molecular flexibility index (Phi) is 2.06. The van der Waals surface area contributed by atoms with E-state index in [0.29, 0.717) is 5.89 Å². The fourth-order valence-electron chi connectivity index (χ4n) is 0.817. The van der Waals surface area contributed by atoms with Crippen LogP contribution in [0.15, 0.2) is 10.6 Å². The third-order valence-electron chi connectivity index (χ3n) is 1.19. The fraction of sp³-hybridized carbons (Fsp3) is 0.571. The predicted octanol–water partition coefficient (Wildman–Crippen LogP) is 0.873. The molecule has 1 aromatic rings. The van der Waals surface area contributed by atoms with Crippen LogP contribution in [0.25, 0.3) is 0 Å². The smallest absolute Gasteiger partial charge is 0.191 e. The molecular weight excluding hydrogens is 128 g/mol. The zero-order valence-corrected chi connectivity index (χ0v) is 6.29. The van der Waals surface area contributed by atoms with Crippen LogP contribution in [0.1, 0.15) is 18.6 Å². The number of nitrogens with zero attached hydrogens (tertiary/aromatic N) is 1. The van der Waals surface area contributed by atoms with Crippen molar-refractivity contribution in [1.82, 2.24) is 4.98 Å². The van der Waals surface area contributed by atoms with Crippen LogP contribution in [-0.4, -0.2) is 11.0 Å². The highest BCUT2D eigenvalue weighted by molar-refractivity contribution is 4.94. The van der Waals surface area contributed by atoms with E-state index in [0.717, 1.165) is 12.2 Å². The molecule has 1 rings (SSSR count). The number of hydrogen-bond acceptors (Lipinski definition) is 3. The predicted molar refractivity (Wildman–Crippen MR) is 38.6 cm³/mol. The van der Waals surface area contributed by atoms with Crippen LogP contribution in [0.3, 0.4) is 0 Å². The van der Waals surface area contributed by atoms with E-state index in [1.54, 1.807) is 6.20 Å². The Labute approximate surface area is 60.2 Å². The maximum absolute atomic E-state index is 5.55. The molecule has 3 heteroatoms. The highest BCUT2D eigenvalue weighted by atomic mass is 16.3. The SMILES string of the molecule is Cc1ncc(CC(C)N)o1. The van der Waals surface area contributed by atoms with Gasteiger partial charge in [-0.15, -0.1) is 0 Å². The maximum atomic E-state index is 5.55. The molecule has 0 amide bonds. The Morgan fingerprint density at radius 2 is 2.50 bits per heavy atom. The van der Waals surface area contributed by atoms with Gasteiger partial charge < -0.3 is 10.2 Å². The number of aryl methyl sites for hydroxylation is 1. The van der Waals surface area contributed by atoms with Gasteiger partial charge in [-0.25, -0.2) is 4.98 Å². The first-order valence-electron chi connectivity index (χ1n) is 3.35. The summed E-state index contributed by atoms with van der Waals surface area (Å²) in [4.78, 5) is 3.95. The van der Waals surface area contributed by atoms with Crippen molar-refractivity contribution in [3.8, 4) is 0 Å². The van der Waals surface area contributed by atoms with Crippen LogP contribution < -0.4 is 5.73 Å².